The molecule has 188 valence electrons. The fraction of sp³-hybridized carbons (Fsp3) is 0. The molecule has 0 aliphatic heterocycles. The van der Waals surface area contributed by atoms with Crippen LogP contribution in [-0.4, -0.2) is 35.9 Å². The topological polar surface area (TPSA) is 147 Å². The monoisotopic (exact) mass is 525 g/mol. The normalized spacial score (nSPS) is 13.1. The van der Waals surface area contributed by atoms with E-state index in [-0.39, 0.29) is 33.4 Å². The average Bonchev–Trinajstić information content (AvgIpc) is 2.94. The maximum absolute atomic E-state index is 13.4. The van der Waals surface area contributed by atoms with E-state index in [9.17, 15) is 22.8 Å². The van der Waals surface area contributed by atoms with Crippen LogP contribution in [0.4, 0.5) is 11.6 Å². The van der Waals surface area contributed by atoms with Gasteiger partial charge in [-0.25, -0.2) is 23.1 Å². The van der Waals surface area contributed by atoms with Crippen molar-refractivity contribution in [2.24, 2.45) is 0 Å². The second-order valence-corrected chi connectivity index (χ2v) is 9.78. The van der Waals surface area contributed by atoms with Crippen molar-refractivity contribution in [3.63, 3.8) is 0 Å². The number of sulfonamides is 1. The third-order valence-electron chi connectivity index (χ3n) is 5.62. The number of fused-ring (bicyclic) bond motifs is 1. The quantitative estimate of drug-likeness (QED) is 0.333. The van der Waals surface area contributed by atoms with Gasteiger partial charge in [-0.05, 0) is 42.5 Å². The maximum Gasteiger partial charge on any atom is 0.264 e. The minimum Gasteiger partial charge on any atom is -0.350 e. The third-order valence-corrected chi connectivity index (χ3v) is 6.96. The lowest BCUT2D eigenvalue weighted by molar-refractivity contribution is 0.0920. The standard InChI is InChI=1S/C27H19N5O5S/c33-24-20-9-4-5-10-21(20)25(34)23(31-26(35)17-7-2-1-3-8-17)22(24)30-18-11-13-19(14-12-18)38(36,37)32-27-28-15-6-16-29-27/h1-16,30H,(H,31,35)(H,28,29,32). The zero-order valence-electron chi connectivity index (χ0n) is 19.6. The molecule has 0 radical (unpaired) electrons. The summed E-state index contributed by atoms with van der Waals surface area (Å²) in [7, 11) is -3.97. The summed E-state index contributed by atoms with van der Waals surface area (Å²) < 4.78 is 27.6. The summed E-state index contributed by atoms with van der Waals surface area (Å²) in [5.74, 6) is -1.67. The van der Waals surface area contributed by atoms with E-state index in [0.717, 1.165) is 0 Å². The van der Waals surface area contributed by atoms with Gasteiger partial charge in [-0.15, -0.1) is 0 Å². The molecule has 1 amide bonds. The Balaban J connectivity index is 1.46. The van der Waals surface area contributed by atoms with Gasteiger partial charge < -0.3 is 10.6 Å². The summed E-state index contributed by atoms with van der Waals surface area (Å²) in [5, 5.41) is 5.47. The predicted octanol–water partition coefficient (Wildman–Crippen LogP) is 3.41. The molecule has 0 fully saturated rings. The number of benzene rings is 3. The van der Waals surface area contributed by atoms with Crippen LogP contribution in [-0.2, 0) is 10.0 Å². The van der Waals surface area contributed by atoms with E-state index >= 15 is 0 Å². The van der Waals surface area contributed by atoms with Crippen molar-refractivity contribution >= 4 is 39.1 Å². The van der Waals surface area contributed by atoms with Crippen molar-refractivity contribution in [2.75, 3.05) is 10.0 Å². The summed E-state index contributed by atoms with van der Waals surface area (Å²) >= 11 is 0. The molecule has 38 heavy (non-hydrogen) atoms. The molecule has 3 aromatic carbocycles. The molecule has 1 aromatic heterocycles. The van der Waals surface area contributed by atoms with E-state index in [1.807, 2.05) is 0 Å². The number of carbonyl (C=O) groups is 3. The highest BCUT2D eigenvalue weighted by atomic mass is 32.2. The SMILES string of the molecule is O=C(NC1=C(Nc2ccc(S(=O)(=O)Nc3ncccn3)cc2)C(=O)c2ccccc2C1=O)c1ccccc1. The number of aromatic nitrogens is 2. The molecule has 10 nitrogen and oxygen atoms in total. The molecule has 1 aliphatic rings. The first-order chi connectivity index (χ1) is 18.3. The van der Waals surface area contributed by atoms with Crippen LogP contribution in [0.2, 0.25) is 0 Å². The number of ketones is 2. The van der Waals surface area contributed by atoms with Gasteiger partial charge in [-0.3, -0.25) is 14.4 Å². The number of hydrogen-bond donors (Lipinski definition) is 3. The van der Waals surface area contributed by atoms with E-state index in [1.54, 1.807) is 48.5 Å². The van der Waals surface area contributed by atoms with Crippen LogP contribution in [0.3, 0.4) is 0 Å². The minimum atomic E-state index is -3.97. The Morgan fingerprint density at radius 3 is 1.89 bits per heavy atom. The molecule has 3 N–H and O–H groups in total. The molecule has 4 aromatic rings. The smallest absolute Gasteiger partial charge is 0.264 e. The molecule has 1 heterocycles. The van der Waals surface area contributed by atoms with Gasteiger partial charge in [0.25, 0.3) is 15.9 Å². The number of allylic oxidation sites excluding steroid dienone is 2. The van der Waals surface area contributed by atoms with Gasteiger partial charge >= 0.3 is 0 Å². The Bertz CT molecular complexity index is 1690. The first-order valence-corrected chi connectivity index (χ1v) is 12.8. The first-order valence-electron chi connectivity index (χ1n) is 11.3. The van der Waals surface area contributed by atoms with Crippen LogP contribution < -0.4 is 15.4 Å². The van der Waals surface area contributed by atoms with Crippen LogP contribution in [0.15, 0.2) is 114 Å². The molecule has 0 bridgehead atoms. The lowest BCUT2D eigenvalue weighted by Crippen LogP contribution is -2.36. The highest BCUT2D eigenvalue weighted by molar-refractivity contribution is 7.92. The molecule has 0 spiro atoms. The predicted molar refractivity (Wildman–Crippen MR) is 139 cm³/mol. The zero-order valence-corrected chi connectivity index (χ0v) is 20.4. The number of nitrogens with one attached hydrogen (secondary N) is 3. The van der Waals surface area contributed by atoms with Crippen LogP contribution >= 0.6 is 0 Å². The second kappa shape index (κ2) is 10.1. The van der Waals surface area contributed by atoms with Gasteiger partial charge in [0.05, 0.1) is 4.90 Å². The minimum absolute atomic E-state index is 0.0709. The molecular weight excluding hydrogens is 506 g/mol. The highest BCUT2D eigenvalue weighted by Gasteiger charge is 2.33. The Labute approximate surface area is 217 Å². The van der Waals surface area contributed by atoms with Gasteiger partial charge in [0.2, 0.25) is 17.5 Å². The number of hydrogen-bond acceptors (Lipinski definition) is 8. The lowest BCUT2D eigenvalue weighted by Gasteiger charge is -2.22. The molecule has 0 saturated carbocycles. The molecule has 0 saturated heterocycles. The summed E-state index contributed by atoms with van der Waals surface area (Å²) in [4.78, 5) is 47.2. The largest absolute Gasteiger partial charge is 0.350 e. The summed E-state index contributed by atoms with van der Waals surface area (Å²) in [6.45, 7) is 0. The third kappa shape index (κ3) is 4.90. The van der Waals surface area contributed by atoms with Crippen molar-refractivity contribution in [2.45, 2.75) is 4.90 Å². The van der Waals surface area contributed by atoms with Gasteiger partial charge in [0.1, 0.15) is 11.4 Å². The number of amides is 1. The maximum atomic E-state index is 13.4. The average molecular weight is 526 g/mol. The first kappa shape index (κ1) is 24.5. The second-order valence-electron chi connectivity index (χ2n) is 8.10. The highest BCUT2D eigenvalue weighted by Crippen LogP contribution is 2.27. The Hall–Kier alpha value is -5.16. The van der Waals surface area contributed by atoms with Gasteiger partial charge in [0, 0.05) is 34.8 Å². The molecular formula is C27H19N5O5S. The number of Topliss-reactive ketones (excluding diaryl/α,β-unsaturated/α-hetero) is 2. The summed E-state index contributed by atoms with van der Waals surface area (Å²) in [6, 6.07) is 21.7. The van der Waals surface area contributed by atoms with Crippen molar-refractivity contribution < 1.29 is 22.8 Å². The number of anilines is 2. The Morgan fingerprint density at radius 1 is 0.684 bits per heavy atom. The molecule has 11 heteroatoms. The van der Waals surface area contributed by atoms with Crippen LogP contribution in [0.1, 0.15) is 31.1 Å². The van der Waals surface area contributed by atoms with Crippen LogP contribution in [0.25, 0.3) is 0 Å². The molecule has 5 rings (SSSR count). The van der Waals surface area contributed by atoms with Crippen LogP contribution in [0, 0.1) is 0 Å². The van der Waals surface area contributed by atoms with Crippen LogP contribution in [0.5, 0.6) is 0 Å². The molecule has 0 atom stereocenters. The van der Waals surface area contributed by atoms with Crippen molar-refractivity contribution in [3.8, 4) is 0 Å². The van der Waals surface area contributed by atoms with E-state index < -0.39 is 27.5 Å². The number of rotatable bonds is 7. The van der Waals surface area contributed by atoms with Crippen molar-refractivity contribution in [3.05, 3.63) is 125 Å². The summed E-state index contributed by atoms with van der Waals surface area (Å²) in [6.07, 6.45) is 2.81. The van der Waals surface area contributed by atoms with Crippen molar-refractivity contribution in [1.29, 1.82) is 0 Å². The van der Waals surface area contributed by atoms with Gasteiger partial charge in [-0.2, -0.15) is 0 Å². The Morgan fingerprint density at radius 2 is 1.26 bits per heavy atom. The number of nitrogens with zero attached hydrogens (tertiary/aromatic N) is 2. The fourth-order valence-corrected chi connectivity index (χ4v) is 4.74. The van der Waals surface area contributed by atoms with Crippen molar-refractivity contribution in [1.82, 2.24) is 15.3 Å². The van der Waals surface area contributed by atoms with E-state index in [2.05, 4.69) is 25.3 Å². The molecule has 1 aliphatic carbocycles. The summed E-state index contributed by atoms with van der Waals surface area (Å²) in [5.41, 5.74) is 0.641. The van der Waals surface area contributed by atoms with E-state index in [1.165, 1.54) is 48.8 Å². The van der Waals surface area contributed by atoms with Gasteiger partial charge in [-0.1, -0.05) is 42.5 Å². The van der Waals surface area contributed by atoms with E-state index in [4.69, 9.17) is 0 Å². The fourth-order valence-electron chi connectivity index (χ4n) is 3.78. The number of carbonyl (C=O) groups excluding carboxylic acids is 3. The van der Waals surface area contributed by atoms with Gasteiger partial charge in [0.15, 0.2) is 0 Å². The molecule has 0 unspecified atom stereocenters. The zero-order chi connectivity index (χ0) is 26.7. The Kier molecular flexibility index (Phi) is 6.50. The lowest BCUT2D eigenvalue weighted by atomic mass is 9.90. The van der Waals surface area contributed by atoms with E-state index in [0.29, 0.717) is 11.3 Å².